The molecule has 1 aromatic carbocycles. The van der Waals surface area contributed by atoms with Crippen LogP contribution in [0, 0.1) is 12.7 Å². The lowest BCUT2D eigenvalue weighted by molar-refractivity contribution is 0.0946. The van der Waals surface area contributed by atoms with Gasteiger partial charge in [-0.15, -0.1) is 0 Å². The van der Waals surface area contributed by atoms with Gasteiger partial charge in [0.2, 0.25) is 0 Å². The first-order valence-corrected chi connectivity index (χ1v) is 5.96. The third kappa shape index (κ3) is 3.06. The molecule has 0 unspecified atom stereocenters. The predicted molar refractivity (Wildman–Crippen MR) is 69.3 cm³/mol. The molecule has 6 heteroatoms. The van der Waals surface area contributed by atoms with E-state index < -0.39 is 11.7 Å². The topological polar surface area (TPSA) is 54.9 Å². The summed E-state index contributed by atoms with van der Waals surface area (Å²) < 4.78 is 13.7. The SMILES string of the molecule is Cc1cccc(C(=O)NCc2nccnc2Cl)c1F. The second-order valence-corrected chi connectivity index (χ2v) is 4.27. The van der Waals surface area contributed by atoms with Crippen molar-refractivity contribution in [3.8, 4) is 0 Å². The Kier molecular flexibility index (Phi) is 4.06. The van der Waals surface area contributed by atoms with Crippen LogP contribution in [0.15, 0.2) is 30.6 Å². The van der Waals surface area contributed by atoms with Gasteiger partial charge in [-0.2, -0.15) is 0 Å². The van der Waals surface area contributed by atoms with Gasteiger partial charge in [-0.3, -0.25) is 9.78 Å². The summed E-state index contributed by atoms with van der Waals surface area (Å²) in [7, 11) is 0. The standard InChI is InChI=1S/C13H11ClFN3O/c1-8-3-2-4-9(11(8)15)13(19)18-7-10-12(14)17-6-5-16-10/h2-6H,7H2,1H3,(H,18,19). The molecule has 0 saturated carbocycles. The van der Waals surface area contributed by atoms with E-state index in [1.807, 2.05) is 0 Å². The lowest BCUT2D eigenvalue weighted by Crippen LogP contribution is -2.24. The van der Waals surface area contributed by atoms with Gasteiger partial charge in [0.05, 0.1) is 17.8 Å². The number of benzene rings is 1. The van der Waals surface area contributed by atoms with E-state index in [9.17, 15) is 9.18 Å². The van der Waals surface area contributed by atoms with Crippen molar-refractivity contribution in [3.63, 3.8) is 0 Å². The number of nitrogens with zero attached hydrogens (tertiary/aromatic N) is 2. The van der Waals surface area contributed by atoms with Gasteiger partial charge in [-0.1, -0.05) is 23.7 Å². The summed E-state index contributed by atoms with van der Waals surface area (Å²) in [5, 5.41) is 2.77. The summed E-state index contributed by atoms with van der Waals surface area (Å²) in [4.78, 5) is 19.7. The Balaban J connectivity index is 2.10. The molecular weight excluding hydrogens is 269 g/mol. The minimum Gasteiger partial charge on any atom is -0.346 e. The molecule has 0 aliphatic carbocycles. The van der Waals surface area contributed by atoms with Crippen LogP contribution in [0.25, 0.3) is 0 Å². The van der Waals surface area contributed by atoms with Gasteiger partial charge in [0.25, 0.3) is 5.91 Å². The molecule has 0 atom stereocenters. The van der Waals surface area contributed by atoms with Crippen molar-refractivity contribution in [3.05, 3.63) is 58.4 Å². The van der Waals surface area contributed by atoms with E-state index in [0.29, 0.717) is 11.3 Å². The fourth-order valence-electron chi connectivity index (χ4n) is 1.55. The van der Waals surface area contributed by atoms with Crippen molar-refractivity contribution in [1.82, 2.24) is 15.3 Å². The zero-order valence-electron chi connectivity index (χ0n) is 10.2. The molecule has 0 fully saturated rings. The monoisotopic (exact) mass is 279 g/mol. The minimum absolute atomic E-state index is 0.0000118. The maximum atomic E-state index is 13.7. The predicted octanol–water partition coefficient (Wildman–Crippen LogP) is 2.51. The maximum absolute atomic E-state index is 13.7. The largest absolute Gasteiger partial charge is 0.346 e. The highest BCUT2D eigenvalue weighted by atomic mass is 35.5. The normalized spacial score (nSPS) is 10.3. The molecule has 0 radical (unpaired) electrons. The lowest BCUT2D eigenvalue weighted by Gasteiger charge is -2.07. The van der Waals surface area contributed by atoms with Crippen LogP contribution in [0.2, 0.25) is 5.15 Å². The summed E-state index contributed by atoms with van der Waals surface area (Å²) in [6, 6.07) is 4.66. The summed E-state index contributed by atoms with van der Waals surface area (Å²) in [5.74, 6) is -1.03. The van der Waals surface area contributed by atoms with Crippen molar-refractivity contribution in [2.75, 3.05) is 0 Å². The van der Waals surface area contributed by atoms with Crippen molar-refractivity contribution in [2.24, 2.45) is 0 Å². The van der Waals surface area contributed by atoms with Crippen LogP contribution in [-0.2, 0) is 6.54 Å². The van der Waals surface area contributed by atoms with E-state index >= 15 is 0 Å². The highest BCUT2D eigenvalue weighted by Crippen LogP contribution is 2.12. The van der Waals surface area contributed by atoms with Crippen molar-refractivity contribution in [2.45, 2.75) is 13.5 Å². The molecule has 0 bridgehead atoms. The molecule has 0 saturated heterocycles. The number of aryl methyl sites for hydroxylation is 1. The van der Waals surface area contributed by atoms with E-state index in [0.717, 1.165) is 0 Å². The number of rotatable bonds is 3. The molecule has 98 valence electrons. The smallest absolute Gasteiger partial charge is 0.254 e. The molecule has 19 heavy (non-hydrogen) atoms. The third-order valence-electron chi connectivity index (χ3n) is 2.58. The van der Waals surface area contributed by atoms with Gasteiger partial charge in [-0.05, 0) is 18.6 Å². The highest BCUT2D eigenvalue weighted by Gasteiger charge is 2.13. The van der Waals surface area contributed by atoms with E-state index in [-0.39, 0.29) is 17.3 Å². The van der Waals surface area contributed by atoms with E-state index in [4.69, 9.17) is 11.6 Å². The fourth-order valence-corrected chi connectivity index (χ4v) is 1.72. The summed E-state index contributed by atoms with van der Waals surface area (Å²) in [6.07, 6.45) is 2.93. The summed E-state index contributed by atoms with van der Waals surface area (Å²) in [5.41, 5.74) is 0.857. The molecule has 1 heterocycles. The molecule has 0 aliphatic rings. The van der Waals surface area contributed by atoms with Crippen LogP contribution in [-0.4, -0.2) is 15.9 Å². The average Bonchev–Trinajstić information content (AvgIpc) is 2.40. The number of carbonyl (C=O) groups is 1. The van der Waals surface area contributed by atoms with Gasteiger partial charge < -0.3 is 5.32 Å². The number of aromatic nitrogens is 2. The van der Waals surface area contributed by atoms with Crippen molar-refractivity contribution < 1.29 is 9.18 Å². The molecule has 4 nitrogen and oxygen atoms in total. The Morgan fingerprint density at radius 1 is 1.37 bits per heavy atom. The van der Waals surface area contributed by atoms with Crippen LogP contribution in [0.3, 0.4) is 0 Å². The Labute approximate surface area is 114 Å². The zero-order chi connectivity index (χ0) is 13.8. The first-order valence-electron chi connectivity index (χ1n) is 5.58. The van der Waals surface area contributed by atoms with E-state index in [1.54, 1.807) is 19.1 Å². The molecule has 1 N–H and O–H groups in total. The molecule has 2 aromatic rings. The molecule has 1 aromatic heterocycles. The number of amides is 1. The Morgan fingerprint density at radius 3 is 2.84 bits per heavy atom. The van der Waals surface area contributed by atoms with Crippen LogP contribution in [0.1, 0.15) is 21.6 Å². The molecule has 0 aliphatic heterocycles. The summed E-state index contributed by atoms with van der Waals surface area (Å²) in [6.45, 7) is 1.70. The third-order valence-corrected chi connectivity index (χ3v) is 2.89. The lowest BCUT2D eigenvalue weighted by atomic mass is 10.1. The average molecular weight is 280 g/mol. The summed E-state index contributed by atoms with van der Waals surface area (Å²) >= 11 is 5.81. The molecule has 0 spiro atoms. The molecular formula is C13H11ClFN3O. The molecule has 1 amide bonds. The number of carbonyl (C=O) groups excluding carboxylic acids is 1. The first kappa shape index (κ1) is 13.4. The Morgan fingerprint density at radius 2 is 2.11 bits per heavy atom. The van der Waals surface area contributed by atoms with Gasteiger partial charge in [0, 0.05) is 12.4 Å². The van der Waals surface area contributed by atoms with Gasteiger partial charge >= 0.3 is 0 Å². The number of halogens is 2. The number of nitrogens with one attached hydrogen (secondary N) is 1. The first-order chi connectivity index (χ1) is 9.09. The van der Waals surface area contributed by atoms with Crippen LogP contribution in [0.4, 0.5) is 4.39 Å². The Bertz CT molecular complexity index is 619. The second kappa shape index (κ2) is 5.75. The highest BCUT2D eigenvalue weighted by molar-refractivity contribution is 6.30. The zero-order valence-corrected chi connectivity index (χ0v) is 10.9. The fraction of sp³-hybridized carbons (Fsp3) is 0.154. The van der Waals surface area contributed by atoms with Crippen LogP contribution in [0.5, 0.6) is 0 Å². The minimum atomic E-state index is -0.523. The van der Waals surface area contributed by atoms with Gasteiger partial charge in [0.15, 0.2) is 5.15 Å². The molecule has 2 rings (SSSR count). The van der Waals surface area contributed by atoms with Gasteiger partial charge in [-0.25, -0.2) is 9.37 Å². The van der Waals surface area contributed by atoms with E-state index in [1.165, 1.54) is 18.5 Å². The van der Waals surface area contributed by atoms with E-state index in [2.05, 4.69) is 15.3 Å². The Hall–Kier alpha value is -2.01. The number of hydrogen-bond acceptors (Lipinski definition) is 3. The van der Waals surface area contributed by atoms with Gasteiger partial charge in [0.1, 0.15) is 5.82 Å². The van der Waals surface area contributed by atoms with Crippen LogP contribution >= 0.6 is 11.6 Å². The maximum Gasteiger partial charge on any atom is 0.254 e. The number of hydrogen-bond donors (Lipinski definition) is 1. The van der Waals surface area contributed by atoms with Crippen LogP contribution < -0.4 is 5.32 Å². The second-order valence-electron chi connectivity index (χ2n) is 3.91. The quantitative estimate of drug-likeness (QED) is 0.939. The van der Waals surface area contributed by atoms with Crippen molar-refractivity contribution in [1.29, 1.82) is 0 Å². The van der Waals surface area contributed by atoms with Crippen molar-refractivity contribution >= 4 is 17.5 Å².